The fourth-order valence-electron chi connectivity index (χ4n) is 2.17. The highest BCUT2D eigenvalue weighted by Gasteiger charge is 2.11. The summed E-state index contributed by atoms with van der Waals surface area (Å²) in [6, 6.07) is 11.2. The van der Waals surface area contributed by atoms with E-state index < -0.39 is 5.91 Å². The van der Waals surface area contributed by atoms with E-state index in [1.807, 2.05) is 30.3 Å². The molecule has 0 aliphatic heterocycles. The van der Waals surface area contributed by atoms with Crippen molar-refractivity contribution >= 4 is 27.7 Å². The molecule has 5 heteroatoms. The lowest BCUT2D eigenvalue weighted by molar-refractivity contribution is 0.0996. The van der Waals surface area contributed by atoms with Crippen molar-refractivity contribution in [3.05, 3.63) is 47.8 Å². The summed E-state index contributed by atoms with van der Waals surface area (Å²) in [5.41, 5.74) is 13.4. The van der Waals surface area contributed by atoms with Crippen molar-refractivity contribution in [3.63, 3.8) is 0 Å². The average molecular weight is 252 g/mol. The van der Waals surface area contributed by atoms with Crippen LogP contribution in [-0.2, 0) is 6.54 Å². The van der Waals surface area contributed by atoms with E-state index in [0.717, 1.165) is 16.3 Å². The zero-order chi connectivity index (χ0) is 13.4. The van der Waals surface area contributed by atoms with Gasteiger partial charge in [-0.1, -0.05) is 18.2 Å². The summed E-state index contributed by atoms with van der Waals surface area (Å²) in [5.74, 6) is -0.557. The zero-order valence-corrected chi connectivity index (χ0v) is 10.1. The molecule has 1 aromatic carbocycles. The van der Waals surface area contributed by atoms with Gasteiger partial charge in [0.1, 0.15) is 5.69 Å². The van der Waals surface area contributed by atoms with Crippen molar-refractivity contribution in [1.82, 2.24) is 9.97 Å². The SMILES string of the molecule is NCc1nc2ccccc2c2ccc(C(N)=O)nc12. The number of nitrogens with zero attached hydrogens (tertiary/aromatic N) is 2. The number of pyridine rings is 2. The van der Waals surface area contributed by atoms with E-state index in [4.69, 9.17) is 11.5 Å². The standard InChI is InChI=1S/C14H12N4O/c15-7-12-13-9(5-6-11(18-13)14(16)19)8-3-1-2-4-10(8)17-12/h1-6H,7,15H2,(H2,16,19). The Bertz CT molecular complexity index is 798. The van der Waals surface area contributed by atoms with Crippen molar-refractivity contribution in [2.75, 3.05) is 0 Å². The first kappa shape index (κ1) is 11.6. The molecule has 0 spiro atoms. The molecule has 3 rings (SSSR count). The minimum atomic E-state index is -0.557. The minimum Gasteiger partial charge on any atom is -0.364 e. The second-order valence-electron chi connectivity index (χ2n) is 4.24. The summed E-state index contributed by atoms with van der Waals surface area (Å²) in [5, 5.41) is 1.91. The third-order valence-electron chi connectivity index (χ3n) is 3.06. The van der Waals surface area contributed by atoms with Crippen LogP contribution in [0.1, 0.15) is 16.2 Å². The smallest absolute Gasteiger partial charge is 0.267 e. The number of fused-ring (bicyclic) bond motifs is 3. The van der Waals surface area contributed by atoms with Gasteiger partial charge in [0.2, 0.25) is 0 Å². The molecule has 1 amide bonds. The molecule has 0 unspecified atom stereocenters. The van der Waals surface area contributed by atoms with Gasteiger partial charge >= 0.3 is 0 Å². The molecule has 4 N–H and O–H groups in total. The molecular formula is C14H12N4O. The highest BCUT2D eigenvalue weighted by atomic mass is 16.1. The van der Waals surface area contributed by atoms with Gasteiger partial charge in [-0.15, -0.1) is 0 Å². The average Bonchev–Trinajstić information content (AvgIpc) is 2.45. The lowest BCUT2D eigenvalue weighted by Gasteiger charge is -2.08. The Morgan fingerprint density at radius 3 is 2.58 bits per heavy atom. The monoisotopic (exact) mass is 252 g/mol. The molecule has 5 nitrogen and oxygen atoms in total. The van der Waals surface area contributed by atoms with Crippen LogP contribution in [0.4, 0.5) is 0 Å². The van der Waals surface area contributed by atoms with E-state index in [0.29, 0.717) is 11.2 Å². The molecule has 2 aromatic heterocycles. The van der Waals surface area contributed by atoms with Gasteiger partial charge in [0.05, 0.1) is 16.7 Å². The molecule has 0 atom stereocenters. The Morgan fingerprint density at radius 1 is 1.05 bits per heavy atom. The van der Waals surface area contributed by atoms with Gasteiger partial charge in [0.15, 0.2) is 0 Å². The summed E-state index contributed by atoms with van der Waals surface area (Å²) in [6.07, 6.45) is 0. The van der Waals surface area contributed by atoms with E-state index >= 15 is 0 Å². The number of hydrogen-bond acceptors (Lipinski definition) is 4. The van der Waals surface area contributed by atoms with E-state index in [1.165, 1.54) is 0 Å². The maximum Gasteiger partial charge on any atom is 0.267 e. The molecule has 19 heavy (non-hydrogen) atoms. The van der Waals surface area contributed by atoms with Crippen molar-refractivity contribution < 1.29 is 4.79 Å². The van der Waals surface area contributed by atoms with E-state index in [9.17, 15) is 4.79 Å². The van der Waals surface area contributed by atoms with E-state index in [2.05, 4.69) is 9.97 Å². The van der Waals surface area contributed by atoms with Crippen molar-refractivity contribution in [3.8, 4) is 0 Å². The number of carbonyl (C=O) groups excluding carboxylic acids is 1. The zero-order valence-electron chi connectivity index (χ0n) is 10.1. The predicted molar refractivity (Wildman–Crippen MR) is 73.5 cm³/mol. The molecule has 2 heterocycles. The van der Waals surface area contributed by atoms with Crippen LogP contribution in [0.15, 0.2) is 36.4 Å². The topological polar surface area (TPSA) is 94.9 Å². The van der Waals surface area contributed by atoms with Gasteiger partial charge in [-0.25, -0.2) is 9.97 Å². The number of nitrogens with two attached hydrogens (primary N) is 2. The summed E-state index contributed by atoms with van der Waals surface area (Å²) in [6.45, 7) is 0.260. The van der Waals surface area contributed by atoms with E-state index in [1.54, 1.807) is 6.07 Å². The van der Waals surface area contributed by atoms with Gasteiger partial charge < -0.3 is 11.5 Å². The van der Waals surface area contributed by atoms with Crippen LogP contribution in [0.25, 0.3) is 21.8 Å². The van der Waals surface area contributed by atoms with Gasteiger partial charge in [0, 0.05) is 17.3 Å². The van der Waals surface area contributed by atoms with Crippen LogP contribution in [0.3, 0.4) is 0 Å². The van der Waals surface area contributed by atoms with Crippen LogP contribution in [-0.4, -0.2) is 15.9 Å². The first-order valence-corrected chi connectivity index (χ1v) is 5.89. The fraction of sp³-hybridized carbons (Fsp3) is 0.0714. The summed E-state index contributed by atoms with van der Waals surface area (Å²) < 4.78 is 0. The molecule has 3 aromatic rings. The van der Waals surface area contributed by atoms with Crippen LogP contribution < -0.4 is 11.5 Å². The number of amides is 1. The van der Waals surface area contributed by atoms with Gasteiger partial charge in [0.25, 0.3) is 5.91 Å². The molecular weight excluding hydrogens is 240 g/mol. The number of aromatic nitrogens is 2. The third kappa shape index (κ3) is 1.80. The Hall–Kier alpha value is -2.53. The minimum absolute atomic E-state index is 0.222. The Morgan fingerprint density at radius 2 is 1.84 bits per heavy atom. The molecule has 0 saturated heterocycles. The number of rotatable bonds is 2. The van der Waals surface area contributed by atoms with Gasteiger partial charge in [-0.3, -0.25) is 4.79 Å². The number of benzene rings is 1. The van der Waals surface area contributed by atoms with Crippen LogP contribution in [0.5, 0.6) is 0 Å². The number of carbonyl (C=O) groups is 1. The number of primary amides is 1. The van der Waals surface area contributed by atoms with Crippen LogP contribution >= 0.6 is 0 Å². The van der Waals surface area contributed by atoms with Gasteiger partial charge in [-0.2, -0.15) is 0 Å². The second kappa shape index (κ2) is 4.29. The summed E-state index contributed by atoms with van der Waals surface area (Å²) in [4.78, 5) is 20.0. The molecule has 0 saturated carbocycles. The second-order valence-corrected chi connectivity index (χ2v) is 4.24. The van der Waals surface area contributed by atoms with Gasteiger partial charge in [-0.05, 0) is 18.2 Å². The molecule has 0 fully saturated rings. The Labute approximate surface area is 109 Å². The third-order valence-corrected chi connectivity index (χ3v) is 3.06. The normalized spacial score (nSPS) is 11.0. The van der Waals surface area contributed by atoms with Crippen LogP contribution in [0, 0.1) is 0 Å². The Kier molecular flexibility index (Phi) is 2.61. The van der Waals surface area contributed by atoms with Crippen molar-refractivity contribution in [2.45, 2.75) is 6.54 Å². The first-order valence-electron chi connectivity index (χ1n) is 5.89. The maximum absolute atomic E-state index is 11.2. The molecule has 0 aliphatic rings. The summed E-state index contributed by atoms with van der Waals surface area (Å²) in [7, 11) is 0. The molecule has 94 valence electrons. The van der Waals surface area contributed by atoms with Crippen LogP contribution in [0.2, 0.25) is 0 Å². The lowest BCUT2D eigenvalue weighted by Crippen LogP contribution is -2.13. The quantitative estimate of drug-likeness (QED) is 0.673. The lowest BCUT2D eigenvalue weighted by atomic mass is 10.1. The van der Waals surface area contributed by atoms with E-state index in [-0.39, 0.29) is 12.2 Å². The highest BCUT2D eigenvalue weighted by Crippen LogP contribution is 2.25. The van der Waals surface area contributed by atoms with Crippen molar-refractivity contribution in [1.29, 1.82) is 0 Å². The fourth-order valence-corrected chi connectivity index (χ4v) is 2.17. The summed E-state index contributed by atoms with van der Waals surface area (Å²) >= 11 is 0. The number of hydrogen-bond donors (Lipinski definition) is 2. The maximum atomic E-state index is 11.2. The molecule has 0 bridgehead atoms. The number of para-hydroxylation sites is 1. The highest BCUT2D eigenvalue weighted by molar-refractivity contribution is 6.06. The molecule has 0 radical (unpaired) electrons. The van der Waals surface area contributed by atoms with Crippen molar-refractivity contribution in [2.24, 2.45) is 11.5 Å². The largest absolute Gasteiger partial charge is 0.364 e. The Balaban J connectivity index is 2.47. The first-order chi connectivity index (χ1) is 9.20. The predicted octanol–water partition coefficient (Wildman–Crippen LogP) is 1.34. The molecule has 0 aliphatic carbocycles.